The maximum absolute atomic E-state index is 12.6. The molecule has 1 aliphatic rings. The Labute approximate surface area is 148 Å². The lowest BCUT2D eigenvalue weighted by Crippen LogP contribution is -1.98. The molecular formula is C22H22O3. The van der Waals surface area contributed by atoms with Gasteiger partial charge in [-0.25, -0.2) is 0 Å². The van der Waals surface area contributed by atoms with Crippen LogP contribution in [0, 0.1) is 13.8 Å². The Morgan fingerprint density at radius 3 is 2.68 bits per heavy atom. The van der Waals surface area contributed by atoms with E-state index in [1.165, 1.54) is 5.57 Å². The SMILES string of the molecule is CC(C)=CCOc1ccc2c(c1C)O/C(=C\c1cccc(C)c1)C2=O. The van der Waals surface area contributed by atoms with E-state index in [0.29, 0.717) is 23.7 Å². The van der Waals surface area contributed by atoms with Crippen LogP contribution in [0.3, 0.4) is 0 Å². The van der Waals surface area contributed by atoms with Crippen molar-refractivity contribution in [1.29, 1.82) is 0 Å². The zero-order valence-electron chi connectivity index (χ0n) is 15.1. The van der Waals surface area contributed by atoms with Crippen molar-refractivity contribution in [2.45, 2.75) is 27.7 Å². The highest BCUT2D eigenvalue weighted by atomic mass is 16.5. The number of aryl methyl sites for hydroxylation is 1. The molecule has 3 rings (SSSR count). The lowest BCUT2D eigenvalue weighted by molar-refractivity contribution is 0.101. The first-order valence-corrected chi connectivity index (χ1v) is 8.36. The molecule has 0 radical (unpaired) electrons. The maximum atomic E-state index is 12.6. The Kier molecular flexibility index (Phi) is 4.75. The normalized spacial score (nSPS) is 14.2. The van der Waals surface area contributed by atoms with Crippen LogP contribution in [0.15, 0.2) is 53.8 Å². The highest BCUT2D eigenvalue weighted by Gasteiger charge is 2.30. The number of rotatable bonds is 4. The van der Waals surface area contributed by atoms with Gasteiger partial charge in [-0.1, -0.05) is 35.4 Å². The third-order valence-corrected chi connectivity index (χ3v) is 4.11. The molecule has 0 spiro atoms. The van der Waals surface area contributed by atoms with Crippen molar-refractivity contribution in [3.8, 4) is 11.5 Å². The fraction of sp³-hybridized carbons (Fsp3) is 0.227. The van der Waals surface area contributed by atoms with Crippen molar-refractivity contribution in [3.63, 3.8) is 0 Å². The van der Waals surface area contributed by atoms with Crippen LogP contribution in [-0.4, -0.2) is 12.4 Å². The highest BCUT2D eigenvalue weighted by molar-refractivity contribution is 6.14. The number of hydrogen-bond acceptors (Lipinski definition) is 3. The first-order valence-electron chi connectivity index (χ1n) is 8.36. The smallest absolute Gasteiger partial charge is 0.231 e. The minimum absolute atomic E-state index is 0.0875. The van der Waals surface area contributed by atoms with E-state index in [4.69, 9.17) is 9.47 Å². The molecule has 0 unspecified atom stereocenters. The van der Waals surface area contributed by atoms with Crippen LogP contribution in [0.5, 0.6) is 11.5 Å². The molecule has 2 aromatic rings. The van der Waals surface area contributed by atoms with Crippen LogP contribution in [0.2, 0.25) is 0 Å². The zero-order chi connectivity index (χ0) is 18.0. The van der Waals surface area contributed by atoms with Gasteiger partial charge in [0.1, 0.15) is 18.1 Å². The molecule has 3 nitrogen and oxygen atoms in total. The Hall–Kier alpha value is -2.81. The topological polar surface area (TPSA) is 35.5 Å². The molecule has 0 aliphatic carbocycles. The van der Waals surface area contributed by atoms with Crippen LogP contribution in [0.1, 0.15) is 40.9 Å². The van der Waals surface area contributed by atoms with Crippen LogP contribution < -0.4 is 9.47 Å². The number of allylic oxidation sites excluding steroid dienone is 2. The van der Waals surface area contributed by atoms with Crippen molar-refractivity contribution in [3.05, 3.63) is 76.1 Å². The van der Waals surface area contributed by atoms with E-state index in [2.05, 4.69) is 0 Å². The van der Waals surface area contributed by atoms with Crippen molar-refractivity contribution in [1.82, 2.24) is 0 Å². The fourth-order valence-corrected chi connectivity index (χ4v) is 2.73. The van der Waals surface area contributed by atoms with Gasteiger partial charge in [-0.15, -0.1) is 0 Å². The number of ether oxygens (including phenoxy) is 2. The molecule has 0 amide bonds. The fourth-order valence-electron chi connectivity index (χ4n) is 2.73. The second-order valence-corrected chi connectivity index (χ2v) is 6.51. The molecule has 2 aromatic carbocycles. The van der Waals surface area contributed by atoms with Crippen LogP contribution >= 0.6 is 0 Å². The number of fused-ring (bicyclic) bond motifs is 1. The van der Waals surface area contributed by atoms with Crippen LogP contribution in [-0.2, 0) is 0 Å². The average molecular weight is 334 g/mol. The molecule has 1 heterocycles. The molecule has 0 N–H and O–H groups in total. The molecule has 0 bridgehead atoms. The van der Waals surface area contributed by atoms with Gasteiger partial charge >= 0.3 is 0 Å². The zero-order valence-corrected chi connectivity index (χ0v) is 15.1. The van der Waals surface area contributed by atoms with Gasteiger partial charge < -0.3 is 9.47 Å². The lowest BCUT2D eigenvalue weighted by Gasteiger charge is -2.10. The highest BCUT2D eigenvalue weighted by Crippen LogP contribution is 2.39. The van der Waals surface area contributed by atoms with Crippen molar-refractivity contribution in [2.75, 3.05) is 6.61 Å². The number of benzene rings is 2. The summed E-state index contributed by atoms with van der Waals surface area (Å²) in [6.07, 6.45) is 3.81. The molecular weight excluding hydrogens is 312 g/mol. The summed E-state index contributed by atoms with van der Waals surface area (Å²) in [5.74, 6) is 1.60. The monoisotopic (exact) mass is 334 g/mol. The molecule has 0 saturated heterocycles. The molecule has 1 aliphatic heterocycles. The van der Waals surface area contributed by atoms with Gasteiger partial charge in [-0.3, -0.25) is 4.79 Å². The summed E-state index contributed by atoms with van der Waals surface area (Å²) in [5, 5.41) is 0. The van der Waals surface area contributed by atoms with E-state index < -0.39 is 0 Å². The number of ketones is 1. The Bertz CT molecular complexity index is 884. The lowest BCUT2D eigenvalue weighted by atomic mass is 10.1. The molecule has 25 heavy (non-hydrogen) atoms. The van der Waals surface area contributed by atoms with Gasteiger partial charge in [-0.05, 0) is 57.5 Å². The Balaban J connectivity index is 1.88. The third kappa shape index (κ3) is 3.66. The summed E-state index contributed by atoms with van der Waals surface area (Å²) in [7, 11) is 0. The summed E-state index contributed by atoms with van der Waals surface area (Å²) >= 11 is 0. The van der Waals surface area contributed by atoms with E-state index in [-0.39, 0.29) is 5.78 Å². The molecule has 0 saturated carbocycles. The van der Waals surface area contributed by atoms with Gasteiger partial charge in [0.15, 0.2) is 5.76 Å². The second-order valence-electron chi connectivity index (χ2n) is 6.51. The van der Waals surface area contributed by atoms with E-state index >= 15 is 0 Å². The summed E-state index contributed by atoms with van der Waals surface area (Å²) < 4.78 is 11.7. The standard InChI is InChI=1S/C22H22O3/c1-14(2)10-11-24-19-9-8-18-21(23)20(25-22(18)16(19)4)13-17-7-5-6-15(3)12-17/h5-10,12-13H,11H2,1-4H3/b20-13-. The van der Waals surface area contributed by atoms with Crippen LogP contribution in [0.4, 0.5) is 0 Å². The molecule has 0 aromatic heterocycles. The first kappa shape index (κ1) is 17.0. The van der Waals surface area contributed by atoms with E-state index in [1.807, 2.05) is 64.1 Å². The summed E-state index contributed by atoms with van der Waals surface area (Å²) in [6, 6.07) is 11.6. The van der Waals surface area contributed by atoms with Gasteiger partial charge in [0.05, 0.1) is 5.56 Å². The molecule has 0 fully saturated rings. The quantitative estimate of drug-likeness (QED) is 0.565. The number of Topliss-reactive ketones (excluding diaryl/α,β-unsaturated/α-hetero) is 1. The number of carbonyl (C=O) groups is 1. The van der Waals surface area contributed by atoms with Crippen molar-refractivity contribution >= 4 is 11.9 Å². The Morgan fingerprint density at radius 2 is 1.96 bits per heavy atom. The van der Waals surface area contributed by atoms with E-state index in [9.17, 15) is 4.79 Å². The van der Waals surface area contributed by atoms with Gasteiger partial charge in [0.25, 0.3) is 0 Å². The van der Waals surface area contributed by atoms with Crippen molar-refractivity contribution in [2.24, 2.45) is 0 Å². The third-order valence-electron chi connectivity index (χ3n) is 4.11. The van der Waals surface area contributed by atoms with E-state index in [0.717, 1.165) is 22.4 Å². The summed E-state index contributed by atoms with van der Waals surface area (Å²) in [5.41, 5.74) is 4.73. The second kappa shape index (κ2) is 6.98. The molecule has 3 heteroatoms. The predicted molar refractivity (Wildman–Crippen MR) is 100 cm³/mol. The largest absolute Gasteiger partial charge is 0.489 e. The summed E-state index contributed by atoms with van der Waals surface area (Å²) in [6.45, 7) is 8.50. The first-order chi connectivity index (χ1) is 12.0. The minimum atomic E-state index is -0.0875. The number of hydrogen-bond donors (Lipinski definition) is 0. The predicted octanol–water partition coefficient (Wildman–Crippen LogP) is 5.26. The molecule has 128 valence electrons. The number of carbonyl (C=O) groups excluding carboxylic acids is 1. The average Bonchev–Trinajstić information content (AvgIpc) is 2.87. The minimum Gasteiger partial charge on any atom is -0.489 e. The van der Waals surface area contributed by atoms with Gasteiger partial charge in [-0.2, -0.15) is 0 Å². The molecule has 0 atom stereocenters. The maximum Gasteiger partial charge on any atom is 0.231 e. The van der Waals surface area contributed by atoms with E-state index in [1.54, 1.807) is 12.1 Å². The summed E-state index contributed by atoms with van der Waals surface area (Å²) in [4.78, 5) is 12.6. The van der Waals surface area contributed by atoms with Gasteiger partial charge in [0.2, 0.25) is 5.78 Å². The van der Waals surface area contributed by atoms with Crippen LogP contribution in [0.25, 0.3) is 6.08 Å². The van der Waals surface area contributed by atoms with Gasteiger partial charge in [0, 0.05) is 5.56 Å². The van der Waals surface area contributed by atoms with Crippen molar-refractivity contribution < 1.29 is 14.3 Å². The Morgan fingerprint density at radius 1 is 1.16 bits per heavy atom.